The van der Waals surface area contributed by atoms with E-state index in [1.54, 1.807) is 36.5 Å². The van der Waals surface area contributed by atoms with Crippen molar-refractivity contribution in [3.05, 3.63) is 92.8 Å². The number of ether oxygens (including phenoxy) is 1. The molecule has 1 aromatic heterocycles. The average Bonchev–Trinajstić information content (AvgIpc) is 2.81. The van der Waals surface area contributed by atoms with E-state index in [1.165, 1.54) is 4.57 Å². The van der Waals surface area contributed by atoms with Gasteiger partial charge in [0.1, 0.15) is 16.8 Å². The smallest absolute Gasteiger partial charge is 0.273 e. The molecule has 31 heavy (non-hydrogen) atoms. The molecule has 6 nitrogen and oxygen atoms in total. The van der Waals surface area contributed by atoms with E-state index in [-0.39, 0.29) is 23.9 Å². The van der Waals surface area contributed by atoms with Gasteiger partial charge in [0.25, 0.3) is 11.5 Å². The summed E-state index contributed by atoms with van der Waals surface area (Å²) in [5.41, 5.74) is 2.11. The highest BCUT2D eigenvalue weighted by molar-refractivity contribution is 9.10. The number of aromatic nitrogens is 1. The number of piperazine rings is 1. The molecule has 2 heterocycles. The van der Waals surface area contributed by atoms with Crippen molar-refractivity contribution in [1.82, 2.24) is 14.8 Å². The Labute approximate surface area is 195 Å². The number of nitrogens with one attached hydrogen (secondary N) is 1. The summed E-state index contributed by atoms with van der Waals surface area (Å²) < 4.78 is 7.69. The zero-order chi connectivity index (χ0) is 20.9. The van der Waals surface area contributed by atoms with Crippen LogP contribution < -0.4 is 15.6 Å². The predicted octanol–water partition coefficient (Wildman–Crippen LogP) is 3.65. The number of amides is 1. The molecule has 0 unspecified atom stereocenters. The lowest BCUT2D eigenvalue weighted by Gasteiger charge is -2.27. The van der Waals surface area contributed by atoms with Crippen LogP contribution in [0.2, 0.25) is 0 Å². The lowest BCUT2D eigenvalue weighted by molar-refractivity contribution is 0.0736. The normalized spacial score (nSPS) is 13.4. The van der Waals surface area contributed by atoms with E-state index in [2.05, 4.69) is 21.2 Å². The maximum Gasteiger partial charge on any atom is 0.273 e. The van der Waals surface area contributed by atoms with Gasteiger partial charge >= 0.3 is 0 Å². The lowest BCUT2D eigenvalue weighted by Crippen LogP contribution is -2.46. The van der Waals surface area contributed by atoms with E-state index in [0.717, 1.165) is 18.7 Å². The van der Waals surface area contributed by atoms with Crippen molar-refractivity contribution in [1.29, 1.82) is 0 Å². The van der Waals surface area contributed by atoms with Crippen molar-refractivity contribution in [2.75, 3.05) is 26.2 Å². The van der Waals surface area contributed by atoms with Crippen molar-refractivity contribution in [2.45, 2.75) is 6.61 Å². The van der Waals surface area contributed by atoms with Gasteiger partial charge in [0.15, 0.2) is 0 Å². The van der Waals surface area contributed by atoms with Crippen LogP contribution in [0.4, 0.5) is 0 Å². The van der Waals surface area contributed by atoms with Gasteiger partial charge in [-0.15, -0.1) is 12.4 Å². The number of carbonyl (C=O) groups excluding carboxylic acids is 1. The fourth-order valence-electron chi connectivity index (χ4n) is 3.36. The standard InChI is InChI=1S/C23H22BrN3O3.ClH/c24-21-20(30-16-17-4-2-1-3-5-17)10-13-27(23(21)29)19-8-6-18(7-9-19)22(28)26-14-11-25-12-15-26;/h1-10,13,25H,11-12,14-16H2;1H. The Bertz CT molecular complexity index is 1080. The minimum Gasteiger partial charge on any atom is -0.487 e. The summed E-state index contributed by atoms with van der Waals surface area (Å²) >= 11 is 3.37. The van der Waals surface area contributed by atoms with E-state index in [0.29, 0.717) is 41.2 Å². The molecule has 162 valence electrons. The van der Waals surface area contributed by atoms with Crippen molar-refractivity contribution < 1.29 is 9.53 Å². The Balaban J connectivity index is 0.00000272. The third-order valence-corrected chi connectivity index (χ3v) is 5.76. The molecule has 1 fully saturated rings. The lowest BCUT2D eigenvalue weighted by atomic mass is 10.1. The molecular weight excluding hydrogens is 482 g/mol. The van der Waals surface area contributed by atoms with Crippen LogP contribution >= 0.6 is 28.3 Å². The Hall–Kier alpha value is -2.61. The van der Waals surface area contributed by atoms with Crippen LogP contribution in [0, 0.1) is 0 Å². The van der Waals surface area contributed by atoms with Gasteiger partial charge in [-0.3, -0.25) is 14.2 Å². The second-order valence-electron chi connectivity index (χ2n) is 7.03. The third kappa shape index (κ3) is 5.36. The first kappa shape index (κ1) is 23.1. The van der Waals surface area contributed by atoms with Gasteiger partial charge in [0.05, 0.1) is 0 Å². The quantitative estimate of drug-likeness (QED) is 0.576. The first-order chi connectivity index (χ1) is 14.6. The number of hydrogen-bond donors (Lipinski definition) is 1. The number of carbonyl (C=O) groups is 1. The number of rotatable bonds is 5. The van der Waals surface area contributed by atoms with E-state index in [1.807, 2.05) is 35.2 Å². The highest BCUT2D eigenvalue weighted by atomic mass is 79.9. The summed E-state index contributed by atoms with van der Waals surface area (Å²) in [6.45, 7) is 3.42. The molecule has 3 aromatic rings. The Morgan fingerprint density at radius 2 is 1.68 bits per heavy atom. The molecule has 4 rings (SSSR count). The minimum atomic E-state index is -0.221. The van der Waals surface area contributed by atoms with Crippen molar-refractivity contribution in [3.63, 3.8) is 0 Å². The van der Waals surface area contributed by atoms with Crippen LogP contribution in [0.3, 0.4) is 0 Å². The molecule has 0 saturated carbocycles. The second-order valence-corrected chi connectivity index (χ2v) is 7.83. The van der Waals surface area contributed by atoms with Crippen LogP contribution in [0.5, 0.6) is 5.75 Å². The topological polar surface area (TPSA) is 63.6 Å². The Morgan fingerprint density at radius 1 is 1.00 bits per heavy atom. The highest BCUT2D eigenvalue weighted by Gasteiger charge is 2.18. The van der Waals surface area contributed by atoms with E-state index in [4.69, 9.17) is 4.74 Å². The van der Waals surface area contributed by atoms with Crippen LogP contribution in [-0.4, -0.2) is 41.6 Å². The molecular formula is C23H23BrClN3O3. The molecule has 1 aliphatic heterocycles. The van der Waals surface area contributed by atoms with E-state index in [9.17, 15) is 9.59 Å². The summed E-state index contributed by atoms with van der Waals surface area (Å²) in [4.78, 5) is 27.3. The van der Waals surface area contributed by atoms with Crippen molar-refractivity contribution in [3.8, 4) is 11.4 Å². The van der Waals surface area contributed by atoms with Crippen LogP contribution in [0.15, 0.2) is 76.1 Å². The first-order valence-electron chi connectivity index (χ1n) is 9.82. The summed E-state index contributed by atoms with van der Waals surface area (Å²) in [6.07, 6.45) is 1.68. The number of nitrogens with zero attached hydrogens (tertiary/aromatic N) is 2. The molecule has 1 aliphatic rings. The molecule has 2 aromatic carbocycles. The largest absolute Gasteiger partial charge is 0.487 e. The van der Waals surface area contributed by atoms with Gasteiger partial charge in [-0.05, 0) is 51.8 Å². The molecule has 0 spiro atoms. The minimum absolute atomic E-state index is 0. The summed E-state index contributed by atoms with van der Waals surface area (Å²) in [5.74, 6) is 0.506. The number of halogens is 2. The molecule has 0 bridgehead atoms. The highest BCUT2D eigenvalue weighted by Crippen LogP contribution is 2.23. The average molecular weight is 505 g/mol. The number of benzene rings is 2. The summed E-state index contributed by atoms with van der Waals surface area (Å²) in [5, 5.41) is 3.24. The molecule has 8 heteroatoms. The number of pyridine rings is 1. The molecule has 0 aliphatic carbocycles. The van der Waals surface area contributed by atoms with E-state index < -0.39 is 0 Å². The fraction of sp³-hybridized carbons (Fsp3) is 0.217. The molecule has 1 saturated heterocycles. The molecule has 1 N–H and O–H groups in total. The second kappa shape index (κ2) is 10.6. The SMILES string of the molecule is Cl.O=C(c1ccc(-n2ccc(OCc3ccccc3)c(Br)c2=O)cc1)N1CCNCC1. The Kier molecular flexibility index (Phi) is 7.90. The zero-order valence-electron chi connectivity index (χ0n) is 16.8. The summed E-state index contributed by atoms with van der Waals surface area (Å²) in [6, 6.07) is 18.6. The fourth-order valence-corrected chi connectivity index (χ4v) is 3.80. The van der Waals surface area contributed by atoms with Crippen LogP contribution in [0.1, 0.15) is 15.9 Å². The predicted molar refractivity (Wildman–Crippen MR) is 127 cm³/mol. The summed E-state index contributed by atoms with van der Waals surface area (Å²) in [7, 11) is 0. The monoisotopic (exact) mass is 503 g/mol. The number of hydrogen-bond acceptors (Lipinski definition) is 4. The molecule has 0 atom stereocenters. The van der Waals surface area contributed by atoms with E-state index >= 15 is 0 Å². The van der Waals surface area contributed by atoms with Gasteiger partial charge in [-0.2, -0.15) is 0 Å². The van der Waals surface area contributed by atoms with Crippen LogP contribution in [-0.2, 0) is 6.61 Å². The maximum atomic E-state index is 12.8. The van der Waals surface area contributed by atoms with Crippen LogP contribution in [0.25, 0.3) is 5.69 Å². The maximum absolute atomic E-state index is 12.8. The third-order valence-electron chi connectivity index (χ3n) is 5.03. The van der Waals surface area contributed by atoms with Gasteiger partial charge in [0.2, 0.25) is 0 Å². The zero-order valence-corrected chi connectivity index (χ0v) is 19.2. The van der Waals surface area contributed by atoms with Crippen molar-refractivity contribution in [2.24, 2.45) is 0 Å². The van der Waals surface area contributed by atoms with Crippen molar-refractivity contribution >= 4 is 34.2 Å². The van der Waals surface area contributed by atoms with Gasteiger partial charge < -0.3 is 15.0 Å². The first-order valence-corrected chi connectivity index (χ1v) is 10.6. The Morgan fingerprint density at radius 3 is 2.35 bits per heavy atom. The van der Waals surface area contributed by atoms with Gasteiger partial charge in [-0.1, -0.05) is 30.3 Å². The molecule has 1 amide bonds. The van der Waals surface area contributed by atoms with Gasteiger partial charge in [0, 0.05) is 43.6 Å². The molecule has 0 radical (unpaired) electrons. The van der Waals surface area contributed by atoms with Gasteiger partial charge in [-0.25, -0.2) is 0 Å².